The molecule has 0 saturated heterocycles. The van der Waals surface area contributed by atoms with Gasteiger partial charge in [-0.05, 0) is 35.7 Å². The van der Waals surface area contributed by atoms with Gasteiger partial charge in [0.25, 0.3) is 0 Å². The number of benzene rings is 2. The molecular formula is C16H16Cl2O2. The minimum atomic E-state index is -0.799. The standard InChI is InChI=1S/C16H16Cl2O2/c17-13-7-5-12(6-8-13)9-16(10-19,11-20)14-3-1-2-4-15(14)18/h1-8,19-20H,9-11H2. The second-order valence-electron chi connectivity index (χ2n) is 4.88. The highest BCUT2D eigenvalue weighted by atomic mass is 35.5. The predicted octanol–water partition coefficient (Wildman–Crippen LogP) is 3.46. The summed E-state index contributed by atoms with van der Waals surface area (Å²) >= 11 is 12.1. The molecule has 0 amide bonds. The maximum absolute atomic E-state index is 9.83. The van der Waals surface area contributed by atoms with Crippen LogP contribution in [0.1, 0.15) is 11.1 Å². The Bertz CT molecular complexity index is 563. The van der Waals surface area contributed by atoms with Crippen LogP contribution >= 0.6 is 23.2 Å². The molecule has 0 aliphatic carbocycles. The number of halogens is 2. The third-order valence-corrected chi connectivity index (χ3v) is 4.09. The number of hydrogen-bond acceptors (Lipinski definition) is 2. The summed E-state index contributed by atoms with van der Waals surface area (Å²) < 4.78 is 0. The normalized spacial score (nSPS) is 11.6. The first-order chi connectivity index (χ1) is 9.61. The van der Waals surface area contributed by atoms with E-state index in [0.717, 1.165) is 11.1 Å². The second kappa shape index (κ2) is 6.59. The highest BCUT2D eigenvalue weighted by Crippen LogP contribution is 2.33. The molecule has 0 aromatic heterocycles. The molecule has 0 aliphatic heterocycles. The summed E-state index contributed by atoms with van der Waals surface area (Å²) in [4.78, 5) is 0. The molecule has 106 valence electrons. The van der Waals surface area contributed by atoms with E-state index in [1.165, 1.54) is 0 Å². The zero-order valence-electron chi connectivity index (χ0n) is 10.9. The van der Waals surface area contributed by atoms with Crippen LogP contribution in [0, 0.1) is 0 Å². The summed E-state index contributed by atoms with van der Waals surface area (Å²) in [5, 5.41) is 20.9. The van der Waals surface area contributed by atoms with Crippen LogP contribution in [-0.2, 0) is 11.8 Å². The summed E-state index contributed by atoms with van der Waals surface area (Å²) in [6, 6.07) is 14.6. The molecule has 0 aliphatic rings. The maximum Gasteiger partial charge on any atom is 0.0553 e. The molecule has 2 N–H and O–H groups in total. The highest BCUT2D eigenvalue weighted by Gasteiger charge is 2.33. The van der Waals surface area contributed by atoms with Crippen LogP contribution in [-0.4, -0.2) is 23.4 Å². The highest BCUT2D eigenvalue weighted by molar-refractivity contribution is 6.31. The van der Waals surface area contributed by atoms with E-state index < -0.39 is 5.41 Å². The van der Waals surface area contributed by atoms with E-state index in [4.69, 9.17) is 23.2 Å². The molecule has 2 aromatic rings. The minimum absolute atomic E-state index is 0.185. The summed E-state index contributed by atoms with van der Waals surface area (Å²) in [7, 11) is 0. The van der Waals surface area contributed by atoms with Gasteiger partial charge in [-0.15, -0.1) is 0 Å². The Morgan fingerprint density at radius 2 is 1.45 bits per heavy atom. The Morgan fingerprint density at radius 3 is 2.00 bits per heavy atom. The average molecular weight is 311 g/mol. The lowest BCUT2D eigenvalue weighted by Gasteiger charge is -2.31. The first kappa shape index (κ1) is 15.3. The molecule has 20 heavy (non-hydrogen) atoms. The summed E-state index contributed by atoms with van der Waals surface area (Å²) in [5.74, 6) is 0. The monoisotopic (exact) mass is 310 g/mol. The molecular weight excluding hydrogens is 295 g/mol. The Kier molecular flexibility index (Phi) is 5.06. The lowest BCUT2D eigenvalue weighted by atomic mass is 9.77. The third kappa shape index (κ3) is 3.15. The van der Waals surface area contributed by atoms with Crippen molar-refractivity contribution >= 4 is 23.2 Å². The summed E-state index contributed by atoms with van der Waals surface area (Å²) in [6.07, 6.45) is 0.487. The molecule has 2 nitrogen and oxygen atoms in total. The molecule has 4 heteroatoms. The zero-order chi connectivity index (χ0) is 14.6. The Morgan fingerprint density at radius 1 is 0.850 bits per heavy atom. The van der Waals surface area contributed by atoms with Crippen molar-refractivity contribution in [1.29, 1.82) is 0 Å². The fourth-order valence-electron chi connectivity index (χ4n) is 2.31. The van der Waals surface area contributed by atoms with Gasteiger partial charge in [-0.25, -0.2) is 0 Å². The van der Waals surface area contributed by atoms with Crippen LogP contribution in [0.4, 0.5) is 0 Å². The lowest BCUT2D eigenvalue weighted by molar-refractivity contribution is 0.116. The van der Waals surface area contributed by atoms with Crippen molar-refractivity contribution < 1.29 is 10.2 Å². The molecule has 0 fully saturated rings. The molecule has 2 rings (SSSR count). The van der Waals surface area contributed by atoms with Crippen molar-refractivity contribution in [3.05, 3.63) is 69.7 Å². The first-order valence-corrected chi connectivity index (χ1v) is 7.08. The van der Waals surface area contributed by atoms with Crippen LogP contribution in [0.2, 0.25) is 10.0 Å². The van der Waals surface area contributed by atoms with Gasteiger partial charge in [-0.3, -0.25) is 0 Å². The SMILES string of the molecule is OCC(CO)(Cc1ccc(Cl)cc1)c1ccccc1Cl. The summed E-state index contributed by atoms with van der Waals surface area (Å²) in [5.41, 5.74) is 0.936. The molecule has 0 radical (unpaired) electrons. The van der Waals surface area contributed by atoms with Crippen molar-refractivity contribution in [3.8, 4) is 0 Å². The molecule has 0 spiro atoms. The van der Waals surface area contributed by atoms with E-state index in [9.17, 15) is 10.2 Å². The molecule has 2 aromatic carbocycles. The van der Waals surface area contributed by atoms with E-state index >= 15 is 0 Å². The second-order valence-corrected chi connectivity index (χ2v) is 5.72. The largest absolute Gasteiger partial charge is 0.395 e. The van der Waals surface area contributed by atoms with Gasteiger partial charge >= 0.3 is 0 Å². The number of aliphatic hydroxyl groups is 2. The molecule has 0 heterocycles. The first-order valence-electron chi connectivity index (χ1n) is 6.32. The fourth-order valence-corrected chi connectivity index (χ4v) is 2.77. The van der Waals surface area contributed by atoms with Gasteiger partial charge in [-0.2, -0.15) is 0 Å². The van der Waals surface area contributed by atoms with Gasteiger partial charge in [0, 0.05) is 15.5 Å². The van der Waals surface area contributed by atoms with Gasteiger partial charge in [-0.1, -0.05) is 53.5 Å². The van der Waals surface area contributed by atoms with Crippen LogP contribution in [0.15, 0.2) is 48.5 Å². The Labute approximate surface area is 128 Å². The van der Waals surface area contributed by atoms with Gasteiger partial charge < -0.3 is 10.2 Å². The van der Waals surface area contributed by atoms with Crippen molar-refractivity contribution in [1.82, 2.24) is 0 Å². The lowest BCUT2D eigenvalue weighted by Crippen LogP contribution is -2.37. The van der Waals surface area contributed by atoms with Crippen molar-refractivity contribution in [2.45, 2.75) is 11.8 Å². The van der Waals surface area contributed by atoms with E-state index in [1.54, 1.807) is 18.2 Å². The number of aliphatic hydroxyl groups excluding tert-OH is 2. The molecule has 0 bridgehead atoms. The number of hydrogen-bond donors (Lipinski definition) is 2. The topological polar surface area (TPSA) is 40.5 Å². The Hall–Kier alpha value is -1.06. The molecule has 0 unspecified atom stereocenters. The van der Waals surface area contributed by atoms with Crippen LogP contribution in [0.25, 0.3) is 0 Å². The van der Waals surface area contributed by atoms with Crippen molar-refractivity contribution in [2.24, 2.45) is 0 Å². The summed E-state index contributed by atoms with van der Waals surface area (Å²) in [6.45, 7) is -0.369. The van der Waals surface area contributed by atoms with E-state index in [2.05, 4.69) is 0 Å². The van der Waals surface area contributed by atoms with Gasteiger partial charge in [0.05, 0.1) is 13.2 Å². The maximum atomic E-state index is 9.83. The van der Waals surface area contributed by atoms with Gasteiger partial charge in [0.15, 0.2) is 0 Å². The average Bonchev–Trinajstić information content (AvgIpc) is 2.48. The van der Waals surface area contributed by atoms with E-state index in [0.29, 0.717) is 16.5 Å². The van der Waals surface area contributed by atoms with Crippen LogP contribution < -0.4 is 0 Å². The van der Waals surface area contributed by atoms with Crippen LogP contribution in [0.5, 0.6) is 0 Å². The van der Waals surface area contributed by atoms with E-state index in [-0.39, 0.29) is 13.2 Å². The van der Waals surface area contributed by atoms with Gasteiger partial charge in [0.1, 0.15) is 0 Å². The third-order valence-electron chi connectivity index (χ3n) is 3.51. The quantitative estimate of drug-likeness (QED) is 0.888. The number of rotatable bonds is 5. The molecule has 0 saturated carbocycles. The van der Waals surface area contributed by atoms with E-state index in [1.807, 2.05) is 30.3 Å². The van der Waals surface area contributed by atoms with Crippen molar-refractivity contribution in [3.63, 3.8) is 0 Å². The smallest absolute Gasteiger partial charge is 0.0553 e. The zero-order valence-corrected chi connectivity index (χ0v) is 12.4. The van der Waals surface area contributed by atoms with Crippen molar-refractivity contribution in [2.75, 3.05) is 13.2 Å². The Balaban J connectivity index is 2.39. The van der Waals surface area contributed by atoms with Crippen LogP contribution in [0.3, 0.4) is 0 Å². The predicted molar refractivity (Wildman–Crippen MR) is 82.5 cm³/mol. The molecule has 0 atom stereocenters. The van der Waals surface area contributed by atoms with Gasteiger partial charge in [0.2, 0.25) is 0 Å². The minimum Gasteiger partial charge on any atom is -0.395 e. The fraction of sp³-hybridized carbons (Fsp3) is 0.250.